The van der Waals surface area contributed by atoms with E-state index in [9.17, 15) is 13.2 Å². The summed E-state index contributed by atoms with van der Waals surface area (Å²) in [6.45, 7) is 1.07. The Labute approximate surface area is 189 Å². The van der Waals surface area contributed by atoms with Gasteiger partial charge in [-0.15, -0.1) is 0 Å². The van der Waals surface area contributed by atoms with E-state index in [1.54, 1.807) is 16.7 Å². The Kier molecular flexibility index (Phi) is 8.51. The molecule has 31 heavy (non-hydrogen) atoms. The average Bonchev–Trinajstić information content (AvgIpc) is 2.81. The molecule has 0 aromatic heterocycles. The molecule has 1 N–H and O–H groups in total. The van der Waals surface area contributed by atoms with E-state index in [1.165, 1.54) is 17.2 Å². The fourth-order valence-electron chi connectivity index (χ4n) is 3.44. The standard InChI is InChI=1S/C24H28N2O3S2/c1-30-18-14-23(25-31(28,29)19-15-20-8-4-2-5-9-20)24(27)26-16-12-22(13-17-26)21-10-6-3-7-11-21/h2-12,15,19,23,25H,13-14,16-18H2,1H3/b19-15+. The van der Waals surface area contributed by atoms with Crippen LogP contribution < -0.4 is 4.72 Å². The van der Waals surface area contributed by atoms with Crippen LogP contribution >= 0.6 is 11.8 Å². The Morgan fingerprint density at radius 3 is 2.42 bits per heavy atom. The van der Waals surface area contributed by atoms with Crippen LogP contribution in [0.2, 0.25) is 0 Å². The lowest BCUT2D eigenvalue weighted by Gasteiger charge is -2.30. The largest absolute Gasteiger partial charge is 0.337 e. The zero-order valence-electron chi connectivity index (χ0n) is 17.6. The Bertz CT molecular complexity index is 1020. The number of nitrogens with zero attached hydrogens (tertiary/aromatic N) is 1. The molecule has 0 saturated heterocycles. The van der Waals surface area contributed by atoms with Gasteiger partial charge >= 0.3 is 0 Å². The van der Waals surface area contributed by atoms with Crippen LogP contribution in [0.25, 0.3) is 11.6 Å². The molecule has 3 rings (SSSR count). The molecular formula is C24H28N2O3S2. The van der Waals surface area contributed by atoms with Crippen LogP contribution in [0.5, 0.6) is 0 Å². The van der Waals surface area contributed by atoms with Crippen LogP contribution in [0.1, 0.15) is 24.0 Å². The highest BCUT2D eigenvalue weighted by Gasteiger charge is 2.28. The molecule has 7 heteroatoms. The summed E-state index contributed by atoms with van der Waals surface area (Å²) in [7, 11) is -3.75. The Morgan fingerprint density at radius 2 is 1.81 bits per heavy atom. The minimum Gasteiger partial charge on any atom is -0.337 e. The van der Waals surface area contributed by atoms with Crippen molar-refractivity contribution in [2.75, 3.05) is 25.1 Å². The molecule has 5 nitrogen and oxygen atoms in total. The molecule has 0 radical (unpaired) electrons. The first kappa shape index (κ1) is 23.3. The number of nitrogens with one attached hydrogen (secondary N) is 1. The molecule has 1 atom stereocenters. The quantitative estimate of drug-likeness (QED) is 0.619. The topological polar surface area (TPSA) is 66.5 Å². The third kappa shape index (κ3) is 7.09. The first-order chi connectivity index (χ1) is 15.0. The summed E-state index contributed by atoms with van der Waals surface area (Å²) in [4.78, 5) is 14.9. The number of hydrogen-bond acceptors (Lipinski definition) is 4. The number of amides is 1. The predicted molar refractivity (Wildman–Crippen MR) is 130 cm³/mol. The number of benzene rings is 2. The van der Waals surface area contributed by atoms with E-state index in [4.69, 9.17) is 0 Å². The van der Waals surface area contributed by atoms with Gasteiger partial charge in [0.25, 0.3) is 0 Å². The fourth-order valence-corrected chi connectivity index (χ4v) is 4.94. The van der Waals surface area contributed by atoms with Crippen molar-refractivity contribution >= 4 is 39.3 Å². The van der Waals surface area contributed by atoms with Crippen LogP contribution in [-0.4, -0.2) is 50.4 Å². The molecule has 0 fully saturated rings. The third-order valence-corrected chi connectivity index (χ3v) is 6.87. The number of rotatable bonds is 9. The molecule has 1 aliphatic rings. The Morgan fingerprint density at radius 1 is 1.13 bits per heavy atom. The van der Waals surface area contributed by atoms with Crippen LogP contribution in [0.4, 0.5) is 0 Å². The van der Waals surface area contributed by atoms with E-state index >= 15 is 0 Å². The highest BCUT2D eigenvalue weighted by atomic mass is 32.2. The SMILES string of the molecule is CSCCC(NS(=O)(=O)/C=C/c1ccccc1)C(=O)N1CC=C(c2ccccc2)CC1. The smallest absolute Gasteiger partial charge is 0.241 e. The van der Waals surface area contributed by atoms with Gasteiger partial charge in [-0.25, -0.2) is 8.42 Å². The molecule has 0 saturated carbocycles. The van der Waals surface area contributed by atoms with Crippen LogP contribution in [0.15, 0.2) is 72.1 Å². The first-order valence-corrected chi connectivity index (χ1v) is 13.2. The van der Waals surface area contributed by atoms with Crippen LogP contribution in [0.3, 0.4) is 0 Å². The van der Waals surface area contributed by atoms with E-state index in [0.29, 0.717) is 25.3 Å². The zero-order valence-corrected chi connectivity index (χ0v) is 19.2. The molecule has 0 spiro atoms. The molecule has 1 heterocycles. The van der Waals surface area contributed by atoms with Crippen molar-refractivity contribution in [2.24, 2.45) is 0 Å². The van der Waals surface area contributed by atoms with Crippen molar-refractivity contribution in [1.82, 2.24) is 9.62 Å². The lowest BCUT2D eigenvalue weighted by molar-refractivity contribution is -0.132. The zero-order chi connectivity index (χ0) is 22.1. The van der Waals surface area contributed by atoms with Crippen molar-refractivity contribution in [1.29, 1.82) is 0 Å². The van der Waals surface area contributed by atoms with Gasteiger partial charge < -0.3 is 4.90 Å². The molecule has 1 aliphatic heterocycles. The number of hydrogen-bond donors (Lipinski definition) is 1. The monoisotopic (exact) mass is 456 g/mol. The molecule has 0 aliphatic carbocycles. The lowest BCUT2D eigenvalue weighted by atomic mass is 9.99. The van der Waals surface area contributed by atoms with Crippen molar-refractivity contribution in [3.63, 3.8) is 0 Å². The summed E-state index contributed by atoms with van der Waals surface area (Å²) in [5.74, 6) is 0.523. The summed E-state index contributed by atoms with van der Waals surface area (Å²) >= 11 is 1.59. The van der Waals surface area contributed by atoms with Gasteiger partial charge in [0.15, 0.2) is 0 Å². The van der Waals surface area contributed by atoms with Crippen molar-refractivity contribution in [3.8, 4) is 0 Å². The maximum absolute atomic E-state index is 13.1. The van der Waals surface area contributed by atoms with E-state index in [1.807, 2.05) is 54.8 Å². The maximum atomic E-state index is 13.1. The summed E-state index contributed by atoms with van der Waals surface area (Å²) < 4.78 is 27.8. The van der Waals surface area contributed by atoms with Crippen molar-refractivity contribution in [2.45, 2.75) is 18.9 Å². The molecule has 164 valence electrons. The lowest BCUT2D eigenvalue weighted by Crippen LogP contribution is -2.49. The Balaban J connectivity index is 1.68. The molecule has 2 aromatic carbocycles. The van der Waals surface area contributed by atoms with E-state index in [0.717, 1.165) is 17.4 Å². The average molecular weight is 457 g/mol. The second-order valence-corrected chi connectivity index (χ2v) is 9.92. The van der Waals surface area contributed by atoms with Gasteiger partial charge in [-0.3, -0.25) is 4.79 Å². The summed E-state index contributed by atoms with van der Waals surface area (Å²) in [5.41, 5.74) is 3.17. The summed E-state index contributed by atoms with van der Waals surface area (Å²) in [5, 5.41) is 1.13. The van der Waals surface area contributed by atoms with Gasteiger partial charge in [-0.1, -0.05) is 66.7 Å². The van der Waals surface area contributed by atoms with E-state index < -0.39 is 16.1 Å². The number of sulfonamides is 1. The van der Waals surface area contributed by atoms with Gasteiger partial charge in [0, 0.05) is 18.5 Å². The van der Waals surface area contributed by atoms with Gasteiger partial charge in [0.1, 0.15) is 6.04 Å². The summed E-state index contributed by atoms with van der Waals surface area (Å²) in [6, 6.07) is 18.6. The highest BCUT2D eigenvalue weighted by molar-refractivity contribution is 7.98. The second-order valence-electron chi connectivity index (χ2n) is 7.34. The van der Waals surface area contributed by atoms with Crippen LogP contribution in [0, 0.1) is 0 Å². The number of carbonyl (C=O) groups excluding carboxylic acids is 1. The predicted octanol–water partition coefficient (Wildman–Crippen LogP) is 4.01. The van der Waals surface area contributed by atoms with E-state index in [-0.39, 0.29) is 5.91 Å². The highest BCUT2D eigenvalue weighted by Crippen LogP contribution is 2.22. The van der Waals surface area contributed by atoms with Gasteiger partial charge in [-0.2, -0.15) is 16.5 Å². The van der Waals surface area contributed by atoms with Gasteiger partial charge in [0.05, 0.1) is 0 Å². The molecule has 0 bridgehead atoms. The fraction of sp³-hybridized carbons (Fsp3) is 0.292. The van der Waals surface area contributed by atoms with Crippen molar-refractivity contribution in [3.05, 3.63) is 83.3 Å². The molecule has 2 aromatic rings. The second kappa shape index (κ2) is 11.3. The van der Waals surface area contributed by atoms with Crippen LogP contribution in [-0.2, 0) is 14.8 Å². The molecular weight excluding hydrogens is 428 g/mol. The molecule has 1 amide bonds. The third-order valence-electron chi connectivity index (χ3n) is 5.12. The first-order valence-electron chi connectivity index (χ1n) is 10.3. The molecule has 1 unspecified atom stereocenters. The minimum absolute atomic E-state index is 0.172. The maximum Gasteiger partial charge on any atom is 0.241 e. The van der Waals surface area contributed by atoms with Crippen molar-refractivity contribution < 1.29 is 13.2 Å². The normalized spacial score (nSPS) is 15.6. The van der Waals surface area contributed by atoms with Gasteiger partial charge in [-0.05, 0) is 47.6 Å². The number of thioether (sulfide) groups is 1. The van der Waals surface area contributed by atoms with E-state index in [2.05, 4.69) is 22.9 Å². The Hall–Kier alpha value is -2.35. The minimum atomic E-state index is -3.75. The summed E-state index contributed by atoms with van der Waals surface area (Å²) in [6.07, 6.45) is 6.75. The van der Waals surface area contributed by atoms with Gasteiger partial charge in [0.2, 0.25) is 15.9 Å². The number of carbonyl (C=O) groups is 1.